The SMILES string of the molecule is CC[C@]1(C)NC(=O)[C@H](CCCCCC(=O)[C@@H](C)OCc2ccccc2)NC(=O)[C@H]2C[C@H](C)CN2C(=O)[C@H](Cc2ccccc2)NC1=O. The van der Waals surface area contributed by atoms with E-state index in [0.717, 1.165) is 11.1 Å². The zero-order valence-electron chi connectivity index (χ0n) is 28.1. The average molecular weight is 647 g/mol. The van der Waals surface area contributed by atoms with Crippen LogP contribution in [-0.2, 0) is 41.7 Å². The molecule has 2 aliphatic heterocycles. The van der Waals surface area contributed by atoms with Crippen molar-refractivity contribution in [3.05, 3.63) is 71.8 Å². The molecule has 0 bridgehead atoms. The molecule has 4 amide bonds. The molecule has 254 valence electrons. The zero-order chi connectivity index (χ0) is 34.0. The molecular formula is C37H50N4O6. The highest BCUT2D eigenvalue weighted by molar-refractivity contribution is 5.99. The minimum absolute atomic E-state index is 0.0217. The van der Waals surface area contributed by atoms with Crippen LogP contribution in [0.5, 0.6) is 0 Å². The molecule has 10 nitrogen and oxygen atoms in total. The Hall–Kier alpha value is -4.05. The molecule has 0 spiro atoms. The predicted molar refractivity (Wildman–Crippen MR) is 179 cm³/mol. The molecule has 3 N–H and O–H groups in total. The number of ketones is 1. The lowest BCUT2D eigenvalue weighted by molar-refractivity contribution is -0.144. The first-order valence-corrected chi connectivity index (χ1v) is 17.0. The van der Waals surface area contributed by atoms with Crippen LogP contribution in [0.4, 0.5) is 0 Å². The van der Waals surface area contributed by atoms with Gasteiger partial charge >= 0.3 is 0 Å². The summed E-state index contributed by atoms with van der Waals surface area (Å²) in [5.41, 5.74) is 0.589. The van der Waals surface area contributed by atoms with Crippen molar-refractivity contribution in [2.75, 3.05) is 6.54 Å². The molecule has 6 atom stereocenters. The van der Waals surface area contributed by atoms with E-state index in [4.69, 9.17) is 4.74 Å². The van der Waals surface area contributed by atoms with Crippen molar-refractivity contribution >= 4 is 29.4 Å². The van der Waals surface area contributed by atoms with Crippen molar-refractivity contribution in [3.63, 3.8) is 0 Å². The van der Waals surface area contributed by atoms with Gasteiger partial charge in [0.1, 0.15) is 29.8 Å². The average Bonchev–Trinajstić information content (AvgIpc) is 3.47. The first kappa shape index (κ1) is 35.8. The first-order valence-electron chi connectivity index (χ1n) is 17.0. The molecule has 4 rings (SSSR count). The summed E-state index contributed by atoms with van der Waals surface area (Å²) in [4.78, 5) is 69.3. The molecular weight excluding hydrogens is 596 g/mol. The number of Topliss-reactive ketones (excluding diaryl/α,β-unsaturated/α-hetero) is 1. The van der Waals surface area contributed by atoms with Gasteiger partial charge in [0, 0.05) is 19.4 Å². The van der Waals surface area contributed by atoms with Gasteiger partial charge in [0.05, 0.1) is 6.61 Å². The minimum atomic E-state index is -1.30. The first-order chi connectivity index (χ1) is 22.5. The minimum Gasteiger partial charge on any atom is -0.366 e. The van der Waals surface area contributed by atoms with E-state index in [-0.39, 0.29) is 36.4 Å². The van der Waals surface area contributed by atoms with Crippen molar-refractivity contribution in [1.82, 2.24) is 20.9 Å². The quantitative estimate of drug-likeness (QED) is 0.283. The van der Waals surface area contributed by atoms with Crippen molar-refractivity contribution in [1.29, 1.82) is 0 Å². The Morgan fingerprint density at radius 1 is 0.915 bits per heavy atom. The largest absolute Gasteiger partial charge is 0.366 e. The van der Waals surface area contributed by atoms with Crippen LogP contribution in [0.1, 0.15) is 83.8 Å². The van der Waals surface area contributed by atoms with Gasteiger partial charge in [-0.3, -0.25) is 24.0 Å². The summed E-state index contributed by atoms with van der Waals surface area (Å²) in [5.74, 6) is -1.46. The Balaban J connectivity index is 1.41. The van der Waals surface area contributed by atoms with Crippen LogP contribution in [-0.4, -0.2) is 70.6 Å². The normalized spacial score (nSPS) is 25.9. The van der Waals surface area contributed by atoms with E-state index >= 15 is 0 Å². The Kier molecular flexibility index (Phi) is 12.7. The molecule has 2 fully saturated rings. The summed E-state index contributed by atoms with van der Waals surface area (Å²) in [6.07, 6.45) is 3.08. The number of ether oxygens (including phenoxy) is 1. The Morgan fingerprint density at radius 3 is 2.23 bits per heavy atom. The summed E-state index contributed by atoms with van der Waals surface area (Å²) in [5, 5.41) is 8.75. The monoisotopic (exact) mass is 646 g/mol. The van der Waals surface area contributed by atoms with E-state index in [1.165, 1.54) is 0 Å². The van der Waals surface area contributed by atoms with Gasteiger partial charge in [-0.2, -0.15) is 0 Å². The number of rotatable bonds is 13. The molecule has 2 aromatic carbocycles. The second-order valence-electron chi connectivity index (χ2n) is 13.3. The van der Waals surface area contributed by atoms with E-state index in [1.54, 1.807) is 25.7 Å². The highest BCUT2D eigenvalue weighted by Crippen LogP contribution is 2.26. The number of amides is 4. The summed E-state index contributed by atoms with van der Waals surface area (Å²) in [6.45, 7) is 7.95. The summed E-state index contributed by atoms with van der Waals surface area (Å²) < 4.78 is 5.75. The van der Waals surface area contributed by atoms with Crippen LogP contribution in [0.3, 0.4) is 0 Å². The van der Waals surface area contributed by atoms with Gasteiger partial charge in [-0.1, -0.05) is 87.4 Å². The maximum atomic E-state index is 14.0. The van der Waals surface area contributed by atoms with E-state index in [1.807, 2.05) is 67.6 Å². The lowest BCUT2D eigenvalue weighted by Crippen LogP contribution is -2.65. The van der Waals surface area contributed by atoms with Crippen molar-refractivity contribution in [2.45, 2.75) is 115 Å². The number of hydrogen-bond acceptors (Lipinski definition) is 6. The number of fused-ring (bicyclic) bond motifs is 1. The fourth-order valence-corrected chi connectivity index (χ4v) is 6.22. The fraction of sp³-hybridized carbons (Fsp3) is 0.541. The standard InChI is InChI=1S/C37H50N4O6/c1-5-37(4)36(46)39-30(22-27-15-9-6-10-16-27)35(45)41-23-25(2)21-31(41)34(44)38-29(33(43)40-37)19-13-8-14-20-32(42)26(3)47-24-28-17-11-7-12-18-28/h6-7,9-12,15-18,25-26,29-31H,5,8,13-14,19-24H2,1-4H3,(H,38,44)(H,39,46)(H,40,43)/t25-,26+,29-,30-,31+,37-/m0/s1. The maximum Gasteiger partial charge on any atom is 0.246 e. The fourth-order valence-electron chi connectivity index (χ4n) is 6.22. The zero-order valence-corrected chi connectivity index (χ0v) is 28.1. The number of nitrogens with zero attached hydrogens (tertiary/aromatic N) is 1. The highest BCUT2D eigenvalue weighted by Gasteiger charge is 2.44. The molecule has 2 heterocycles. The lowest BCUT2D eigenvalue weighted by atomic mass is 9.94. The van der Waals surface area contributed by atoms with E-state index < -0.39 is 41.6 Å². The summed E-state index contributed by atoms with van der Waals surface area (Å²) >= 11 is 0. The third-order valence-electron chi connectivity index (χ3n) is 9.43. The summed E-state index contributed by atoms with van der Waals surface area (Å²) in [7, 11) is 0. The number of carbonyl (C=O) groups is 5. The smallest absolute Gasteiger partial charge is 0.246 e. The van der Waals surface area contributed by atoms with Crippen LogP contribution >= 0.6 is 0 Å². The second-order valence-corrected chi connectivity index (χ2v) is 13.3. The number of unbranched alkanes of at least 4 members (excludes halogenated alkanes) is 2. The van der Waals surface area contributed by atoms with E-state index in [0.29, 0.717) is 51.7 Å². The number of hydrogen-bond donors (Lipinski definition) is 3. The molecule has 0 saturated carbocycles. The second kappa shape index (κ2) is 16.7. The van der Waals surface area contributed by atoms with Gasteiger partial charge in [-0.15, -0.1) is 0 Å². The molecule has 0 aromatic heterocycles. The molecule has 10 heteroatoms. The predicted octanol–water partition coefficient (Wildman–Crippen LogP) is 3.86. The Labute approximate surface area is 278 Å². The molecule has 2 aliphatic rings. The van der Waals surface area contributed by atoms with E-state index in [9.17, 15) is 24.0 Å². The van der Waals surface area contributed by atoms with Gasteiger partial charge in [-0.05, 0) is 56.6 Å². The third kappa shape index (κ3) is 9.73. The molecule has 0 aliphatic carbocycles. The summed E-state index contributed by atoms with van der Waals surface area (Å²) in [6, 6.07) is 16.6. The molecule has 2 aromatic rings. The van der Waals surface area contributed by atoms with Crippen LogP contribution in [0.15, 0.2) is 60.7 Å². The van der Waals surface area contributed by atoms with Crippen LogP contribution < -0.4 is 16.0 Å². The Morgan fingerprint density at radius 2 is 1.57 bits per heavy atom. The molecule has 2 saturated heterocycles. The maximum absolute atomic E-state index is 14.0. The third-order valence-corrected chi connectivity index (χ3v) is 9.43. The Bertz CT molecular complexity index is 1390. The van der Waals surface area contributed by atoms with Crippen LogP contribution in [0.25, 0.3) is 0 Å². The highest BCUT2D eigenvalue weighted by atomic mass is 16.5. The van der Waals surface area contributed by atoms with Crippen molar-refractivity contribution < 1.29 is 28.7 Å². The van der Waals surface area contributed by atoms with Gasteiger partial charge in [-0.25, -0.2) is 0 Å². The number of carbonyl (C=O) groups excluding carboxylic acids is 5. The molecule has 47 heavy (non-hydrogen) atoms. The van der Waals surface area contributed by atoms with Crippen molar-refractivity contribution in [2.24, 2.45) is 5.92 Å². The van der Waals surface area contributed by atoms with Crippen LogP contribution in [0, 0.1) is 5.92 Å². The van der Waals surface area contributed by atoms with E-state index in [2.05, 4.69) is 16.0 Å². The molecule has 0 unspecified atom stereocenters. The topological polar surface area (TPSA) is 134 Å². The number of benzene rings is 2. The van der Waals surface area contributed by atoms with Gasteiger partial charge < -0.3 is 25.6 Å². The van der Waals surface area contributed by atoms with Crippen molar-refractivity contribution in [3.8, 4) is 0 Å². The van der Waals surface area contributed by atoms with Gasteiger partial charge in [0.2, 0.25) is 23.6 Å². The number of nitrogens with one attached hydrogen (secondary N) is 3. The van der Waals surface area contributed by atoms with Gasteiger partial charge in [0.25, 0.3) is 0 Å². The molecule has 0 radical (unpaired) electrons. The lowest BCUT2D eigenvalue weighted by Gasteiger charge is -2.36. The van der Waals surface area contributed by atoms with Crippen LogP contribution in [0.2, 0.25) is 0 Å². The van der Waals surface area contributed by atoms with Gasteiger partial charge in [0.15, 0.2) is 5.78 Å².